The summed E-state index contributed by atoms with van der Waals surface area (Å²) in [6, 6.07) is 0. The first-order valence-corrected chi connectivity index (χ1v) is 5.69. The van der Waals surface area contributed by atoms with Crippen molar-refractivity contribution in [2.24, 2.45) is 0 Å². The van der Waals surface area contributed by atoms with Crippen LogP contribution in [-0.4, -0.2) is 36.2 Å². The molecular weight excluding hydrogens is 250 g/mol. The monoisotopic (exact) mass is 263 g/mol. The molecule has 19 heavy (non-hydrogen) atoms. The minimum atomic E-state index is -0.540. The number of aryl methyl sites for hydroxylation is 2. The van der Waals surface area contributed by atoms with Gasteiger partial charge in [-0.15, -0.1) is 5.10 Å². The molecule has 2 aromatic heterocycles. The normalized spacial score (nSPS) is 10.5. The highest BCUT2D eigenvalue weighted by Crippen LogP contribution is 2.21. The smallest absolute Gasteiger partial charge is 0.332 e. The van der Waals surface area contributed by atoms with Crippen LogP contribution in [0.15, 0.2) is 6.20 Å². The molecule has 2 heterocycles. The highest BCUT2D eigenvalue weighted by molar-refractivity contribution is 5.48. The molecule has 0 amide bonds. The summed E-state index contributed by atoms with van der Waals surface area (Å²) < 4.78 is 1.34. The van der Waals surface area contributed by atoms with E-state index in [0.29, 0.717) is 24.1 Å². The van der Waals surface area contributed by atoms with Crippen molar-refractivity contribution in [2.75, 3.05) is 11.9 Å². The maximum absolute atomic E-state index is 11.0. The molecule has 2 rings (SSSR count). The van der Waals surface area contributed by atoms with Gasteiger partial charge in [-0.2, -0.15) is 9.67 Å². The van der Waals surface area contributed by atoms with Crippen LogP contribution in [0.2, 0.25) is 0 Å². The van der Waals surface area contributed by atoms with E-state index < -0.39 is 4.92 Å². The maximum atomic E-state index is 11.0. The van der Waals surface area contributed by atoms with Gasteiger partial charge in [-0.1, -0.05) is 0 Å². The van der Waals surface area contributed by atoms with Gasteiger partial charge < -0.3 is 5.32 Å². The molecule has 0 bridgehead atoms. The summed E-state index contributed by atoms with van der Waals surface area (Å²) in [6.07, 6.45) is 1.16. The highest BCUT2D eigenvalue weighted by Gasteiger charge is 2.21. The van der Waals surface area contributed by atoms with E-state index in [1.807, 2.05) is 6.92 Å². The van der Waals surface area contributed by atoms with Crippen molar-refractivity contribution < 1.29 is 4.92 Å². The summed E-state index contributed by atoms with van der Waals surface area (Å²) in [6.45, 7) is 5.92. The van der Waals surface area contributed by atoms with Gasteiger partial charge in [0, 0.05) is 6.54 Å². The van der Waals surface area contributed by atoms with Crippen molar-refractivity contribution in [3.63, 3.8) is 0 Å². The maximum Gasteiger partial charge on any atom is 0.332 e. The minimum Gasteiger partial charge on any atom is -0.354 e. The molecule has 100 valence electrons. The number of nitrogens with one attached hydrogen (secondary N) is 1. The van der Waals surface area contributed by atoms with Crippen LogP contribution in [0, 0.1) is 24.0 Å². The summed E-state index contributed by atoms with van der Waals surface area (Å²) in [5, 5.41) is 18.0. The van der Waals surface area contributed by atoms with Gasteiger partial charge >= 0.3 is 5.69 Å². The SMILES string of the molecule is CCNc1ncc([N+](=O)[O-])c(-n2nc(C)nc2C)n1. The van der Waals surface area contributed by atoms with Crippen LogP contribution in [0.3, 0.4) is 0 Å². The molecule has 0 unspecified atom stereocenters. The Hall–Kier alpha value is -2.58. The van der Waals surface area contributed by atoms with Gasteiger partial charge in [0.2, 0.25) is 11.8 Å². The third-order valence-corrected chi connectivity index (χ3v) is 2.36. The Bertz CT molecular complexity index is 622. The van der Waals surface area contributed by atoms with Crippen LogP contribution < -0.4 is 5.32 Å². The number of nitrogens with zero attached hydrogens (tertiary/aromatic N) is 6. The first-order chi connectivity index (χ1) is 9.02. The largest absolute Gasteiger partial charge is 0.354 e. The lowest BCUT2D eigenvalue weighted by Crippen LogP contribution is -2.10. The number of hydrogen-bond acceptors (Lipinski definition) is 7. The molecule has 0 aliphatic heterocycles. The molecule has 0 fully saturated rings. The Kier molecular flexibility index (Phi) is 3.36. The summed E-state index contributed by atoms with van der Waals surface area (Å²) in [4.78, 5) is 22.6. The van der Waals surface area contributed by atoms with Crippen LogP contribution in [0.25, 0.3) is 5.82 Å². The lowest BCUT2D eigenvalue weighted by molar-refractivity contribution is -0.385. The molecule has 0 saturated heterocycles. The van der Waals surface area contributed by atoms with Crippen molar-refractivity contribution in [3.8, 4) is 5.82 Å². The Balaban J connectivity index is 2.60. The van der Waals surface area contributed by atoms with Gasteiger partial charge in [-0.25, -0.2) is 9.97 Å². The van der Waals surface area contributed by atoms with E-state index in [1.165, 1.54) is 4.68 Å². The number of aromatic nitrogens is 5. The second kappa shape index (κ2) is 4.96. The van der Waals surface area contributed by atoms with Crippen LogP contribution >= 0.6 is 0 Å². The van der Waals surface area contributed by atoms with E-state index in [0.717, 1.165) is 6.20 Å². The van der Waals surface area contributed by atoms with Gasteiger partial charge in [0.1, 0.15) is 17.8 Å². The Morgan fingerprint density at radius 1 is 1.42 bits per heavy atom. The van der Waals surface area contributed by atoms with E-state index in [4.69, 9.17) is 0 Å². The number of anilines is 1. The van der Waals surface area contributed by atoms with Crippen LogP contribution in [0.5, 0.6) is 0 Å². The van der Waals surface area contributed by atoms with Gasteiger partial charge in [0.05, 0.1) is 4.92 Å². The third-order valence-electron chi connectivity index (χ3n) is 2.36. The molecule has 0 aliphatic rings. The predicted molar refractivity (Wildman–Crippen MR) is 67.2 cm³/mol. The number of hydrogen-bond donors (Lipinski definition) is 1. The van der Waals surface area contributed by atoms with Gasteiger partial charge in [0.25, 0.3) is 0 Å². The molecule has 9 nitrogen and oxygen atoms in total. The quantitative estimate of drug-likeness (QED) is 0.647. The van der Waals surface area contributed by atoms with Crippen molar-refractivity contribution in [2.45, 2.75) is 20.8 Å². The van der Waals surface area contributed by atoms with E-state index in [1.54, 1.807) is 13.8 Å². The summed E-state index contributed by atoms with van der Waals surface area (Å²) in [7, 11) is 0. The molecule has 2 aromatic rings. The average Bonchev–Trinajstić information content (AvgIpc) is 2.68. The molecule has 0 radical (unpaired) electrons. The van der Waals surface area contributed by atoms with Gasteiger partial charge in [-0.3, -0.25) is 10.1 Å². The van der Waals surface area contributed by atoms with Crippen molar-refractivity contribution in [3.05, 3.63) is 28.0 Å². The minimum absolute atomic E-state index is 0.106. The molecule has 0 aromatic carbocycles. The summed E-state index contributed by atoms with van der Waals surface area (Å²) in [5.74, 6) is 1.47. The highest BCUT2D eigenvalue weighted by atomic mass is 16.6. The van der Waals surface area contributed by atoms with Crippen LogP contribution in [0.1, 0.15) is 18.6 Å². The van der Waals surface area contributed by atoms with Gasteiger partial charge in [-0.05, 0) is 20.8 Å². The van der Waals surface area contributed by atoms with Crippen molar-refractivity contribution in [1.29, 1.82) is 0 Å². The second-order valence-corrected chi connectivity index (χ2v) is 3.81. The summed E-state index contributed by atoms with van der Waals surface area (Å²) in [5.41, 5.74) is -0.213. The fourth-order valence-electron chi connectivity index (χ4n) is 1.62. The lowest BCUT2D eigenvalue weighted by atomic mass is 10.4. The molecule has 0 atom stereocenters. The zero-order valence-corrected chi connectivity index (χ0v) is 10.8. The standard InChI is InChI=1S/C10H13N7O2/c1-4-11-10-12-5-8(17(18)19)9(14-10)16-7(3)13-6(2)15-16/h5H,4H2,1-3H3,(H,11,12,14). The molecule has 0 spiro atoms. The topological polar surface area (TPSA) is 112 Å². The predicted octanol–water partition coefficient (Wildman–Crippen LogP) is 1.01. The summed E-state index contributed by atoms with van der Waals surface area (Å²) >= 11 is 0. The molecule has 0 saturated carbocycles. The Labute approximate surface area is 108 Å². The fraction of sp³-hybridized carbons (Fsp3) is 0.400. The molecule has 0 aliphatic carbocycles. The lowest BCUT2D eigenvalue weighted by Gasteiger charge is -2.06. The first kappa shape index (κ1) is 12.9. The fourth-order valence-corrected chi connectivity index (χ4v) is 1.62. The molecule has 1 N–H and O–H groups in total. The van der Waals surface area contributed by atoms with E-state index in [2.05, 4.69) is 25.4 Å². The zero-order chi connectivity index (χ0) is 14.0. The van der Waals surface area contributed by atoms with E-state index in [-0.39, 0.29) is 11.5 Å². The molecule has 9 heteroatoms. The van der Waals surface area contributed by atoms with E-state index >= 15 is 0 Å². The first-order valence-electron chi connectivity index (χ1n) is 5.69. The number of nitro groups is 1. The van der Waals surface area contributed by atoms with Crippen LogP contribution in [-0.2, 0) is 0 Å². The molecular formula is C10H13N7O2. The Morgan fingerprint density at radius 2 is 2.16 bits per heavy atom. The third kappa shape index (κ3) is 2.49. The van der Waals surface area contributed by atoms with E-state index in [9.17, 15) is 10.1 Å². The average molecular weight is 263 g/mol. The van der Waals surface area contributed by atoms with Crippen LogP contribution in [0.4, 0.5) is 11.6 Å². The second-order valence-electron chi connectivity index (χ2n) is 3.81. The number of rotatable bonds is 4. The Morgan fingerprint density at radius 3 is 2.68 bits per heavy atom. The van der Waals surface area contributed by atoms with Crippen molar-refractivity contribution >= 4 is 11.6 Å². The van der Waals surface area contributed by atoms with Gasteiger partial charge in [0.15, 0.2) is 0 Å². The van der Waals surface area contributed by atoms with Crippen molar-refractivity contribution in [1.82, 2.24) is 24.7 Å². The zero-order valence-electron chi connectivity index (χ0n) is 10.8.